The molecular formula is C16H23NO2. The molecule has 0 aromatic carbocycles. The molecule has 1 unspecified atom stereocenters. The van der Waals surface area contributed by atoms with E-state index in [9.17, 15) is 0 Å². The van der Waals surface area contributed by atoms with Gasteiger partial charge in [-0.05, 0) is 44.7 Å². The highest BCUT2D eigenvalue weighted by atomic mass is 16.5. The number of carbonyl (C=O) groups is 1. The molecule has 3 rings (SSSR count). The molecule has 0 radical (unpaired) electrons. The van der Waals surface area contributed by atoms with E-state index >= 15 is 0 Å². The van der Waals surface area contributed by atoms with Crippen LogP contribution >= 0.6 is 0 Å². The quantitative estimate of drug-likeness (QED) is 0.726. The molecule has 2 heterocycles. The van der Waals surface area contributed by atoms with Gasteiger partial charge < -0.3 is 9.53 Å². The van der Waals surface area contributed by atoms with Crippen LogP contribution in [0.25, 0.3) is 0 Å². The number of carbonyl (C=O) groups excluding carboxylic acids is 1. The van der Waals surface area contributed by atoms with Crippen LogP contribution in [-0.2, 0) is 9.53 Å². The van der Waals surface area contributed by atoms with Gasteiger partial charge in [-0.3, -0.25) is 4.98 Å². The van der Waals surface area contributed by atoms with Crippen molar-refractivity contribution < 1.29 is 9.53 Å². The lowest BCUT2D eigenvalue weighted by molar-refractivity contribution is -0.106. The van der Waals surface area contributed by atoms with Crippen molar-refractivity contribution in [2.75, 3.05) is 6.61 Å². The maximum atomic E-state index is 8.81. The van der Waals surface area contributed by atoms with E-state index in [0.717, 1.165) is 19.3 Å². The average Bonchev–Trinajstić information content (AvgIpc) is 2.89. The standard InChI is InChI=1S/C14H19NO.C2H4O/c1-4-9-15-13(5-1)12-6-10-16-14(11-12)7-2-3-8-14;1-2-3/h1,4-5,9,12H,2-3,6-8,10-11H2;2H,1H3. The van der Waals surface area contributed by atoms with Crippen LogP contribution in [0.4, 0.5) is 0 Å². The molecule has 104 valence electrons. The zero-order chi connectivity index (χ0) is 13.6. The second kappa shape index (κ2) is 6.80. The normalized spacial score (nSPS) is 24.6. The van der Waals surface area contributed by atoms with E-state index in [-0.39, 0.29) is 5.60 Å². The second-order valence-electron chi connectivity index (χ2n) is 5.42. The van der Waals surface area contributed by atoms with Gasteiger partial charge in [-0.1, -0.05) is 18.9 Å². The molecule has 1 spiro atoms. The van der Waals surface area contributed by atoms with Gasteiger partial charge in [-0.2, -0.15) is 0 Å². The number of hydrogen-bond acceptors (Lipinski definition) is 3. The van der Waals surface area contributed by atoms with E-state index in [2.05, 4.69) is 17.1 Å². The van der Waals surface area contributed by atoms with Gasteiger partial charge in [0.2, 0.25) is 0 Å². The summed E-state index contributed by atoms with van der Waals surface area (Å²) in [4.78, 5) is 13.3. The molecule has 1 aliphatic carbocycles. The maximum absolute atomic E-state index is 8.81. The van der Waals surface area contributed by atoms with Gasteiger partial charge in [0.15, 0.2) is 0 Å². The van der Waals surface area contributed by atoms with E-state index in [4.69, 9.17) is 9.53 Å². The first-order valence-electron chi connectivity index (χ1n) is 7.24. The molecule has 1 atom stereocenters. The first kappa shape index (κ1) is 14.2. The number of rotatable bonds is 1. The number of hydrogen-bond donors (Lipinski definition) is 0. The molecule has 0 amide bonds. The predicted octanol–water partition coefficient (Wildman–Crippen LogP) is 3.49. The largest absolute Gasteiger partial charge is 0.375 e. The topological polar surface area (TPSA) is 39.2 Å². The molecule has 2 fully saturated rings. The summed E-state index contributed by atoms with van der Waals surface area (Å²) in [6.07, 6.45) is 10.2. The first-order chi connectivity index (χ1) is 9.29. The van der Waals surface area contributed by atoms with Crippen LogP contribution in [0.1, 0.15) is 57.1 Å². The van der Waals surface area contributed by atoms with Gasteiger partial charge >= 0.3 is 0 Å². The molecular weight excluding hydrogens is 238 g/mol. The van der Waals surface area contributed by atoms with Crippen molar-refractivity contribution >= 4 is 6.29 Å². The van der Waals surface area contributed by atoms with Gasteiger partial charge in [0.05, 0.1) is 5.60 Å². The Morgan fingerprint density at radius 2 is 2.11 bits per heavy atom. The number of aldehydes is 1. The fourth-order valence-electron chi connectivity index (χ4n) is 3.27. The SMILES string of the molecule is CC=O.c1ccc(C2CCOC3(CCCC3)C2)nc1. The second-order valence-corrected chi connectivity index (χ2v) is 5.42. The lowest BCUT2D eigenvalue weighted by Gasteiger charge is -2.38. The van der Waals surface area contributed by atoms with Crippen LogP contribution < -0.4 is 0 Å². The van der Waals surface area contributed by atoms with Crippen molar-refractivity contribution in [3.8, 4) is 0 Å². The van der Waals surface area contributed by atoms with E-state index in [1.165, 1.54) is 44.7 Å². The molecule has 0 N–H and O–H groups in total. The van der Waals surface area contributed by atoms with Crippen LogP contribution in [0.3, 0.4) is 0 Å². The predicted molar refractivity (Wildman–Crippen MR) is 75.1 cm³/mol. The Morgan fingerprint density at radius 3 is 2.74 bits per heavy atom. The summed E-state index contributed by atoms with van der Waals surface area (Å²) in [6, 6.07) is 6.26. The Kier molecular flexibility index (Phi) is 5.08. The Morgan fingerprint density at radius 1 is 1.37 bits per heavy atom. The summed E-state index contributed by atoms with van der Waals surface area (Å²) in [5.74, 6) is 0.619. The highest BCUT2D eigenvalue weighted by Crippen LogP contribution is 2.44. The molecule has 1 aliphatic heterocycles. The molecule has 3 heteroatoms. The molecule has 1 saturated carbocycles. The minimum Gasteiger partial charge on any atom is -0.375 e. The highest BCUT2D eigenvalue weighted by Gasteiger charge is 2.40. The van der Waals surface area contributed by atoms with Crippen LogP contribution in [0.15, 0.2) is 24.4 Å². The lowest BCUT2D eigenvalue weighted by Crippen LogP contribution is -2.36. The van der Waals surface area contributed by atoms with Crippen molar-refractivity contribution in [2.45, 2.75) is 57.0 Å². The van der Waals surface area contributed by atoms with Crippen molar-refractivity contribution in [3.63, 3.8) is 0 Å². The smallest absolute Gasteiger partial charge is 0.116 e. The highest BCUT2D eigenvalue weighted by molar-refractivity contribution is 5.44. The van der Waals surface area contributed by atoms with Crippen molar-refractivity contribution in [2.24, 2.45) is 0 Å². The monoisotopic (exact) mass is 261 g/mol. The maximum Gasteiger partial charge on any atom is 0.116 e. The average molecular weight is 261 g/mol. The first-order valence-corrected chi connectivity index (χ1v) is 7.24. The summed E-state index contributed by atoms with van der Waals surface area (Å²) >= 11 is 0. The summed E-state index contributed by atoms with van der Waals surface area (Å²) in [5, 5.41) is 0. The van der Waals surface area contributed by atoms with E-state index in [0.29, 0.717) is 5.92 Å². The Hall–Kier alpha value is -1.22. The minimum atomic E-state index is 0.209. The van der Waals surface area contributed by atoms with Crippen LogP contribution in [-0.4, -0.2) is 23.5 Å². The summed E-state index contributed by atoms with van der Waals surface area (Å²) in [5.41, 5.74) is 1.47. The Balaban J connectivity index is 0.000000408. The molecule has 1 saturated heterocycles. The fourth-order valence-corrected chi connectivity index (χ4v) is 3.27. The number of aromatic nitrogens is 1. The van der Waals surface area contributed by atoms with Crippen LogP contribution in [0.2, 0.25) is 0 Å². The summed E-state index contributed by atoms with van der Waals surface area (Å²) in [6.45, 7) is 2.36. The summed E-state index contributed by atoms with van der Waals surface area (Å²) in [7, 11) is 0. The molecule has 1 aromatic rings. The van der Waals surface area contributed by atoms with Gasteiger partial charge in [-0.25, -0.2) is 0 Å². The molecule has 1 aromatic heterocycles. The minimum absolute atomic E-state index is 0.209. The van der Waals surface area contributed by atoms with E-state index in [1.807, 2.05) is 12.3 Å². The Labute approximate surface area is 115 Å². The zero-order valence-corrected chi connectivity index (χ0v) is 11.7. The number of nitrogens with zero attached hydrogens (tertiary/aromatic N) is 1. The molecule has 3 nitrogen and oxygen atoms in total. The third kappa shape index (κ3) is 3.63. The third-order valence-corrected chi connectivity index (χ3v) is 4.11. The Bertz CT molecular complexity index is 385. The van der Waals surface area contributed by atoms with Crippen molar-refractivity contribution in [1.82, 2.24) is 4.98 Å². The molecule has 2 aliphatic rings. The molecule has 0 bridgehead atoms. The molecule has 19 heavy (non-hydrogen) atoms. The third-order valence-electron chi connectivity index (χ3n) is 4.11. The van der Waals surface area contributed by atoms with Crippen LogP contribution in [0, 0.1) is 0 Å². The van der Waals surface area contributed by atoms with Gasteiger partial charge in [0, 0.05) is 24.4 Å². The number of pyridine rings is 1. The lowest BCUT2D eigenvalue weighted by atomic mass is 9.83. The van der Waals surface area contributed by atoms with E-state index < -0.39 is 0 Å². The van der Waals surface area contributed by atoms with Gasteiger partial charge in [0.25, 0.3) is 0 Å². The van der Waals surface area contributed by atoms with Crippen LogP contribution in [0.5, 0.6) is 0 Å². The number of ether oxygens (including phenoxy) is 1. The van der Waals surface area contributed by atoms with Crippen molar-refractivity contribution in [3.05, 3.63) is 30.1 Å². The summed E-state index contributed by atoms with van der Waals surface area (Å²) < 4.78 is 6.05. The van der Waals surface area contributed by atoms with Gasteiger partial charge in [-0.15, -0.1) is 0 Å². The van der Waals surface area contributed by atoms with Crippen molar-refractivity contribution in [1.29, 1.82) is 0 Å². The van der Waals surface area contributed by atoms with E-state index in [1.54, 1.807) is 0 Å². The van der Waals surface area contributed by atoms with Gasteiger partial charge in [0.1, 0.15) is 6.29 Å². The zero-order valence-electron chi connectivity index (χ0n) is 11.7. The fraction of sp³-hybridized carbons (Fsp3) is 0.625.